The summed E-state index contributed by atoms with van der Waals surface area (Å²) < 4.78 is 14.8. The number of carbonyl (C=O) groups is 1. The molecule has 0 radical (unpaired) electrons. The molecule has 1 atom stereocenters. The van der Waals surface area contributed by atoms with Crippen LogP contribution in [0.2, 0.25) is 0 Å². The minimum atomic E-state index is -0.890. The van der Waals surface area contributed by atoms with Gasteiger partial charge in [0.15, 0.2) is 5.82 Å². The molecular formula is C15H18FN5O2. The predicted molar refractivity (Wildman–Crippen MR) is 79.9 cm³/mol. The Hall–Kier alpha value is -2.48. The SMILES string of the molecule is O=C(NCc1nnc2n1CCC2)NCC(O)c1ccc(F)cc1. The van der Waals surface area contributed by atoms with Crippen molar-refractivity contribution in [1.82, 2.24) is 25.4 Å². The number of rotatable bonds is 5. The highest BCUT2D eigenvalue weighted by Crippen LogP contribution is 2.14. The Balaban J connectivity index is 1.45. The summed E-state index contributed by atoms with van der Waals surface area (Å²) in [5.74, 6) is 1.31. The number of aryl methyl sites for hydroxylation is 1. The third-order valence-corrected chi connectivity index (χ3v) is 3.80. The number of fused-ring (bicyclic) bond motifs is 1. The maximum atomic E-state index is 12.8. The summed E-state index contributed by atoms with van der Waals surface area (Å²) in [6.45, 7) is 1.20. The second-order valence-corrected chi connectivity index (χ2v) is 5.42. The number of urea groups is 1. The van der Waals surface area contributed by atoms with Crippen LogP contribution >= 0.6 is 0 Å². The van der Waals surface area contributed by atoms with Gasteiger partial charge in [0.05, 0.1) is 12.6 Å². The number of benzene rings is 1. The Morgan fingerprint density at radius 3 is 2.87 bits per heavy atom. The summed E-state index contributed by atoms with van der Waals surface area (Å²) >= 11 is 0. The Morgan fingerprint density at radius 2 is 2.09 bits per heavy atom. The molecular weight excluding hydrogens is 301 g/mol. The van der Waals surface area contributed by atoms with Crippen molar-refractivity contribution in [3.63, 3.8) is 0 Å². The van der Waals surface area contributed by atoms with Gasteiger partial charge in [0, 0.05) is 19.5 Å². The van der Waals surface area contributed by atoms with Crippen LogP contribution in [0.1, 0.15) is 29.7 Å². The van der Waals surface area contributed by atoms with Crippen molar-refractivity contribution < 1.29 is 14.3 Å². The molecule has 3 rings (SSSR count). The Labute approximate surface area is 132 Å². The highest BCUT2D eigenvalue weighted by atomic mass is 19.1. The lowest BCUT2D eigenvalue weighted by molar-refractivity contribution is 0.173. The number of carbonyl (C=O) groups excluding carboxylic acids is 1. The van der Waals surface area contributed by atoms with Crippen LogP contribution in [-0.2, 0) is 19.5 Å². The summed E-state index contributed by atoms with van der Waals surface area (Å²) in [6, 6.07) is 5.11. The van der Waals surface area contributed by atoms with Gasteiger partial charge in [-0.1, -0.05) is 12.1 Å². The van der Waals surface area contributed by atoms with E-state index in [1.165, 1.54) is 24.3 Å². The fourth-order valence-corrected chi connectivity index (χ4v) is 2.56. The monoisotopic (exact) mass is 319 g/mol. The molecule has 0 fully saturated rings. The normalized spacial score (nSPS) is 14.3. The van der Waals surface area contributed by atoms with E-state index in [1.54, 1.807) is 0 Å². The Bertz CT molecular complexity index is 686. The number of nitrogens with zero attached hydrogens (tertiary/aromatic N) is 3. The molecule has 0 aliphatic carbocycles. The minimum absolute atomic E-state index is 0.0371. The molecule has 1 unspecified atom stereocenters. The van der Waals surface area contributed by atoms with Crippen LogP contribution in [0.3, 0.4) is 0 Å². The fraction of sp³-hybridized carbons (Fsp3) is 0.400. The van der Waals surface area contributed by atoms with Crippen LogP contribution < -0.4 is 10.6 Å². The van der Waals surface area contributed by atoms with Gasteiger partial charge in [-0.25, -0.2) is 9.18 Å². The molecule has 23 heavy (non-hydrogen) atoms. The van der Waals surface area contributed by atoms with Crippen molar-refractivity contribution in [2.75, 3.05) is 6.54 Å². The van der Waals surface area contributed by atoms with Crippen LogP contribution in [0.5, 0.6) is 0 Å². The highest BCUT2D eigenvalue weighted by Gasteiger charge is 2.17. The lowest BCUT2D eigenvalue weighted by Crippen LogP contribution is -2.37. The molecule has 7 nitrogen and oxygen atoms in total. The van der Waals surface area contributed by atoms with Crippen molar-refractivity contribution >= 4 is 6.03 Å². The molecule has 1 aromatic heterocycles. The van der Waals surface area contributed by atoms with Crippen LogP contribution in [0.15, 0.2) is 24.3 Å². The van der Waals surface area contributed by atoms with E-state index in [0.717, 1.165) is 31.0 Å². The first kappa shape index (κ1) is 15.4. The molecule has 2 aromatic rings. The number of amides is 2. The van der Waals surface area contributed by atoms with E-state index >= 15 is 0 Å². The number of nitrogens with one attached hydrogen (secondary N) is 2. The van der Waals surface area contributed by atoms with Gasteiger partial charge in [0.2, 0.25) is 0 Å². The van der Waals surface area contributed by atoms with Crippen molar-refractivity contribution in [2.24, 2.45) is 0 Å². The molecule has 8 heteroatoms. The van der Waals surface area contributed by atoms with Crippen molar-refractivity contribution in [1.29, 1.82) is 0 Å². The van der Waals surface area contributed by atoms with Gasteiger partial charge >= 0.3 is 6.03 Å². The topological polar surface area (TPSA) is 92.1 Å². The number of aliphatic hydroxyl groups is 1. The number of halogens is 1. The maximum Gasteiger partial charge on any atom is 0.315 e. The van der Waals surface area contributed by atoms with E-state index in [2.05, 4.69) is 20.8 Å². The first-order valence-electron chi connectivity index (χ1n) is 7.49. The van der Waals surface area contributed by atoms with E-state index in [0.29, 0.717) is 5.56 Å². The second kappa shape index (κ2) is 6.74. The largest absolute Gasteiger partial charge is 0.387 e. The van der Waals surface area contributed by atoms with E-state index in [1.807, 2.05) is 4.57 Å². The number of hydrogen-bond acceptors (Lipinski definition) is 4. The molecule has 2 amide bonds. The van der Waals surface area contributed by atoms with E-state index < -0.39 is 12.1 Å². The molecule has 122 valence electrons. The van der Waals surface area contributed by atoms with Crippen LogP contribution in [-0.4, -0.2) is 32.4 Å². The lowest BCUT2D eigenvalue weighted by Gasteiger charge is -2.13. The van der Waals surface area contributed by atoms with Gasteiger partial charge in [-0.3, -0.25) is 0 Å². The number of aromatic nitrogens is 3. The van der Waals surface area contributed by atoms with Crippen LogP contribution in [0.4, 0.5) is 9.18 Å². The molecule has 0 saturated heterocycles. The standard InChI is InChI=1S/C15H18FN5O2/c16-11-5-3-10(4-6-11)12(22)8-17-15(23)18-9-14-20-19-13-2-1-7-21(13)14/h3-6,12,22H,1-2,7-9H2,(H2,17,18,23). The quantitative estimate of drug-likeness (QED) is 0.763. The zero-order valence-corrected chi connectivity index (χ0v) is 12.5. The van der Waals surface area contributed by atoms with Gasteiger partial charge in [0.1, 0.15) is 11.6 Å². The predicted octanol–water partition coefficient (Wildman–Crippen LogP) is 0.896. The lowest BCUT2D eigenvalue weighted by atomic mass is 10.1. The zero-order valence-electron chi connectivity index (χ0n) is 12.5. The smallest absolute Gasteiger partial charge is 0.315 e. The Morgan fingerprint density at radius 1 is 1.30 bits per heavy atom. The van der Waals surface area contributed by atoms with Crippen LogP contribution in [0.25, 0.3) is 0 Å². The average Bonchev–Trinajstić information content (AvgIpc) is 3.15. The molecule has 1 aromatic carbocycles. The van der Waals surface area contributed by atoms with Gasteiger partial charge in [-0.05, 0) is 24.1 Å². The molecule has 0 spiro atoms. The van der Waals surface area contributed by atoms with Crippen molar-refractivity contribution in [3.8, 4) is 0 Å². The third kappa shape index (κ3) is 3.65. The molecule has 1 aliphatic rings. The summed E-state index contributed by atoms with van der Waals surface area (Å²) in [5, 5.41) is 23.3. The van der Waals surface area contributed by atoms with Gasteiger partial charge in [0.25, 0.3) is 0 Å². The summed E-state index contributed by atoms with van der Waals surface area (Å²) in [7, 11) is 0. The fourth-order valence-electron chi connectivity index (χ4n) is 2.56. The van der Waals surface area contributed by atoms with Crippen LogP contribution in [0, 0.1) is 5.82 Å². The molecule has 3 N–H and O–H groups in total. The Kier molecular flexibility index (Phi) is 4.52. The first-order valence-corrected chi connectivity index (χ1v) is 7.49. The van der Waals surface area contributed by atoms with Gasteiger partial charge in [-0.2, -0.15) is 0 Å². The highest BCUT2D eigenvalue weighted by molar-refractivity contribution is 5.73. The van der Waals surface area contributed by atoms with E-state index in [4.69, 9.17) is 0 Å². The minimum Gasteiger partial charge on any atom is -0.387 e. The van der Waals surface area contributed by atoms with E-state index in [9.17, 15) is 14.3 Å². The molecule has 2 heterocycles. The average molecular weight is 319 g/mol. The molecule has 0 saturated carbocycles. The van der Waals surface area contributed by atoms with Crippen molar-refractivity contribution in [3.05, 3.63) is 47.3 Å². The number of hydrogen-bond donors (Lipinski definition) is 3. The maximum absolute atomic E-state index is 12.8. The van der Waals surface area contributed by atoms with Gasteiger partial charge in [-0.15, -0.1) is 10.2 Å². The second-order valence-electron chi connectivity index (χ2n) is 5.42. The van der Waals surface area contributed by atoms with Gasteiger partial charge < -0.3 is 20.3 Å². The molecule has 1 aliphatic heterocycles. The number of aliphatic hydroxyl groups excluding tert-OH is 1. The summed E-state index contributed by atoms with van der Waals surface area (Å²) in [6.07, 6.45) is 1.08. The summed E-state index contributed by atoms with van der Waals surface area (Å²) in [5.41, 5.74) is 0.543. The van der Waals surface area contributed by atoms with E-state index in [-0.39, 0.29) is 18.9 Å². The first-order chi connectivity index (χ1) is 11.1. The summed E-state index contributed by atoms with van der Waals surface area (Å²) in [4.78, 5) is 11.8. The van der Waals surface area contributed by atoms with Crippen molar-refractivity contribution in [2.45, 2.75) is 32.0 Å². The zero-order chi connectivity index (χ0) is 16.2. The third-order valence-electron chi connectivity index (χ3n) is 3.80. The molecule has 0 bridgehead atoms.